The summed E-state index contributed by atoms with van der Waals surface area (Å²) in [7, 11) is 0. The molecule has 0 heterocycles. The summed E-state index contributed by atoms with van der Waals surface area (Å²) in [5.41, 5.74) is 0. The van der Waals surface area contributed by atoms with Gasteiger partial charge in [-0.15, -0.1) is 0 Å². The second kappa shape index (κ2) is 3.28. The Balaban J connectivity index is 2.96. The van der Waals surface area contributed by atoms with Crippen molar-refractivity contribution in [2.75, 3.05) is 5.33 Å². The maximum atomic E-state index is 9.46. The van der Waals surface area contributed by atoms with Crippen molar-refractivity contribution in [3.63, 3.8) is 0 Å². The molecule has 0 aliphatic heterocycles. The van der Waals surface area contributed by atoms with Crippen LogP contribution >= 0.6 is 15.9 Å². The minimum absolute atomic E-state index is 0.0787. The zero-order valence-corrected chi connectivity index (χ0v) is 5.10. The van der Waals surface area contributed by atoms with Gasteiger partial charge in [-0.05, 0) is 6.92 Å². The van der Waals surface area contributed by atoms with Gasteiger partial charge >= 0.3 is 0 Å². The van der Waals surface area contributed by atoms with Gasteiger partial charge < -0.3 is 0 Å². The van der Waals surface area contributed by atoms with Gasteiger partial charge in [0.1, 0.15) is 0 Å². The van der Waals surface area contributed by atoms with Crippen LogP contribution in [0.25, 0.3) is 0 Å². The molecular formula is C3H6BrNO. The predicted molar refractivity (Wildman–Crippen MR) is 29.1 cm³/mol. The van der Waals surface area contributed by atoms with E-state index in [0.717, 1.165) is 0 Å². The number of nitroso groups, excluding NO2 is 1. The van der Waals surface area contributed by atoms with Gasteiger partial charge in [0.15, 0.2) is 0 Å². The Morgan fingerprint density at radius 2 is 2.50 bits per heavy atom. The molecule has 36 valence electrons. The lowest BCUT2D eigenvalue weighted by molar-refractivity contribution is 0.846. The molecule has 2 nitrogen and oxygen atoms in total. The number of rotatable bonds is 2. The Labute approximate surface area is 45.0 Å². The summed E-state index contributed by atoms with van der Waals surface area (Å²) in [6.07, 6.45) is 0. The summed E-state index contributed by atoms with van der Waals surface area (Å²) in [5.74, 6) is 0. The minimum atomic E-state index is -0.0787. The Hall–Kier alpha value is 0.0800. The zero-order chi connectivity index (χ0) is 4.99. The van der Waals surface area contributed by atoms with Crippen LogP contribution in [0, 0.1) is 4.91 Å². The van der Waals surface area contributed by atoms with Crippen molar-refractivity contribution in [2.45, 2.75) is 13.0 Å². The van der Waals surface area contributed by atoms with E-state index in [1.165, 1.54) is 0 Å². The number of hydrogen-bond donors (Lipinski definition) is 0. The average molecular weight is 152 g/mol. The normalized spacial score (nSPS) is 13.7. The Kier molecular flexibility index (Phi) is 3.32. The van der Waals surface area contributed by atoms with Crippen molar-refractivity contribution in [3.8, 4) is 0 Å². The molecule has 0 N–H and O–H groups in total. The summed E-state index contributed by atoms with van der Waals surface area (Å²) in [6, 6.07) is -0.0787. The first kappa shape index (κ1) is 6.08. The summed E-state index contributed by atoms with van der Waals surface area (Å²) < 4.78 is 0. The molecule has 0 aromatic carbocycles. The van der Waals surface area contributed by atoms with Crippen LogP contribution in [0.1, 0.15) is 6.92 Å². The van der Waals surface area contributed by atoms with E-state index in [2.05, 4.69) is 21.1 Å². The molecule has 0 aromatic rings. The molecule has 0 amide bonds. The van der Waals surface area contributed by atoms with Crippen molar-refractivity contribution in [3.05, 3.63) is 4.91 Å². The number of alkyl halides is 1. The van der Waals surface area contributed by atoms with Crippen LogP contribution in [0.15, 0.2) is 5.18 Å². The number of hydrogen-bond acceptors (Lipinski definition) is 2. The van der Waals surface area contributed by atoms with E-state index in [1.807, 2.05) is 0 Å². The minimum Gasteiger partial charge on any atom is -0.151 e. The highest BCUT2D eigenvalue weighted by Crippen LogP contribution is 1.91. The Morgan fingerprint density at radius 3 is 2.50 bits per heavy atom. The van der Waals surface area contributed by atoms with Crippen LogP contribution in [0.2, 0.25) is 0 Å². The van der Waals surface area contributed by atoms with E-state index in [1.54, 1.807) is 6.92 Å². The van der Waals surface area contributed by atoms with E-state index in [-0.39, 0.29) is 6.04 Å². The lowest BCUT2D eigenvalue weighted by atomic mass is 10.4. The molecule has 0 bridgehead atoms. The second-order valence-electron chi connectivity index (χ2n) is 1.11. The molecule has 6 heavy (non-hydrogen) atoms. The summed E-state index contributed by atoms with van der Waals surface area (Å²) in [4.78, 5) is 9.46. The lowest BCUT2D eigenvalue weighted by Gasteiger charge is -1.86. The first-order valence-electron chi connectivity index (χ1n) is 1.69. The van der Waals surface area contributed by atoms with E-state index < -0.39 is 0 Å². The molecule has 0 saturated heterocycles. The average Bonchev–Trinajstić information content (AvgIpc) is 1.65. The summed E-state index contributed by atoms with van der Waals surface area (Å²) >= 11 is 3.08. The van der Waals surface area contributed by atoms with E-state index >= 15 is 0 Å². The van der Waals surface area contributed by atoms with Crippen molar-refractivity contribution in [1.29, 1.82) is 0 Å². The molecule has 0 fully saturated rings. The quantitative estimate of drug-likeness (QED) is 0.435. The van der Waals surface area contributed by atoms with E-state index in [4.69, 9.17) is 0 Å². The number of halogens is 1. The third kappa shape index (κ3) is 2.33. The Bertz CT molecular complexity index is 48.1. The van der Waals surface area contributed by atoms with Gasteiger partial charge in [-0.1, -0.05) is 21.1 Å². The van der Waals surface area contributed by atoms with Gasteiger partial charge in [0.05, 0.1) is 6.04 Å². The standard InChI is InChI=1S/C3H6BrNO/c1-3(2-4)5-6/h3H,2H2,1H3. The summed E-state index contributed by atoms with van der Waals surface area (Å²) in [5, 5.41) is 3.37. The van der Waals surface area contributed by atoms with Gasteiger partial charge in [-0.3, -0.25) is 0 Å². The van der Waals surface area contributed by atoms with Crippen LogP contribution < -0.4 is 0 Å². The molecule has 3 heteroatoms. The van der Waals surface area contributed by atoms with E-state index in [0.29, 0.717) is 5.33 Å². The molecule has 0 aliphatic rings. The summed E-state index contributed by atoms with van der Waals surface area (Å²) in [6.45, 7) is 1.75. The number of nitrogens with zero attached hydrogens (tertiary/aromatic N) is 1. The molecule has 1 atom stereocenters. The first-order chi connectivity index (χ1) is 2.81. The van der Waals surface area contributed by atoms with Gasteiger partial charge in [-0.25, -0.2) is 0 Å². The van der Waals surface area contributed by atoms with Crippen molar-refractivity contribution < 1.29 is 0 Å². The van der Waals surface area contributed by atoms with Gasteiger partial charge in [0.2, 0.25) is 0 Å². The highest BCUT2D eigenvalue weighted by Gasteiger charge is 1.91. The van der Waals surface area contributed by atoms with Crippen molar-refractivity contribution >= 4 is 15.9 Å². The molecule has 0 aromatic heterocycles. The molecule has 0 spiro atoms. The Morgan fingerprint density at radius 1 is 2.00 bits per heavy atom. The fourth-order valence-electron chi connectivity index (χ4n) is 0.0282. The lowest BCUT2D eigenvalue weighted by Crippen LogP contribution is -1.94. The molecular weight excluding hydrogens is 146 g/mol. The van der Waals surface area contributed by atoms with Crippen molar-refractivity contribution in [1.82, 2.24) is 0 Å². The monoisotopic (exact) mass is 151 g/mol. The third-order valence-electron chi connectivity index (χ3n) is 0.403. The van der Waals surface area contributed by atoms with E-state index in [9.17, 15) is 4.91 Å². The maximum absolute atomic E-state index is 9.46. The SMILES string of the molecule is CC(CBr)N=O. The highest BCUT2D eigenvalue weighted by atomic mass is 79.9. The molecule has 1 unspecified atom stereocenters. The third-order valence-corrected chi connectivity index (χ3v) is 1.34. The largest absolute Gasteiger partial charge is 0.151 e. The highest BCUT2D eigenvalue weighted by molar-refractivity contribution is 9.09. The van der Waals surface area contributed by atoms with Crippen LogP contribution in [0.3, 0.4) is 0 Å². The van der Waals surface area contributed by atoms with Gasteiger partial charge in [-0.2, -0.15) is 4.91 Å². The molecule has 0 aliphatic carbocycles. The van der Waals surface area contributed by atoms with Crippen LogP contribution in [-0.2, 0) is 0 Å². The van der Waals surface area contributed by atoms with Crippen LogP contribution in [-0.4, -0.2) is 11.4 Å². The second-order valence-corrected chi connectivity index (χ2v) is 1.76. The van der Waals surface area contributed by atoms with Gasteiger partial charge in [0.25, 0.3) is 0 Å². The van der Waals surface area contributed by atoms with Crippen LogP contribution in [0.4, 0.5) is 0 Å². The first-order valence-corrected chi connectivity index (χ1v) is 2.82. The van der Waals surface area contributed by atoms with Crippen LogP contribution in [0.5, 0.6) is 0 Å². The molecule has 0 rings (SSSR count). The zero-order valence-electron chi connectivity index (χ0n) is 3.52. The maximum Gasteiger partial charge on any atom is 0.0988 e. The van der Waals surface area contributed by atoms with Crippen molar-refractivity contribution in [2.24, 2.45) is 5.18 Å². The fourth-order valence-corrected chi connectivity index (χ4v) is 0.146. The fraction of sp³-hybridized carbons (Fsp3) is 1.00. The smallest absolute Gasteiger partial charge is 0.0988 e. The molecule has 0 saturated carbocycles. The van der Waals surface area contributed by atoms with Gasteiger partial charge in [0, 0.05) is 5.33 Å². The topological polar surface area (TPSA) is 29.4 Å². The molecule has 0 radical (unpaired) electrons. The predicted octanol–water partition coefficient (Wildman–Crippen LogP) is 1.54.